The van der Waals surface area contributed by atoms with Crippen LogP contribution in [0.1, 0.15) is 27.6 Å². The van der Waals surface area contributed by atoms with Crippen molar-refractivity contribution in [3.8, 4) is 0 Å². The summed E-state index contributed by atoms with van der Waals surface area (Å²) < 4.78 is 13.4. The Morgan fingerprint density at radius 2 is 2.27 bits per heavy atom. The van der Waals surface area contributed by atoms with Gasteiger partial charge in [0.15, 0.2) is 0 Å². The number of nitrogens with one attached hydrogen (secondary N) is 1. The van der Waals surface area contributed by atoms with E-state index in [0.717, 1.165) is 12.1 Å². The van der Waals surface area contributed by atoms with Crippen LogP contribution in [0.3, 0.4) is 0 Å². The molecule has 1 unspecified atom stereocenters. The van der Waals surface area contributed by atoms with E-state index in [9.17, 15) is 24.4 Å². The fraction of sp³-hybridized carbons (Fsp3) is 0.214. The van der Waals surface area contributed by atoms with Crippen molar-refractivity contribution < 1.29 is 19.2 Å². The maximum Gasteiger partial charge on any atom is 0.285 e. The molecule has 0 bridgehead atoms. The third kappa shape index (κ3) is 3.46. The number of rotatable bonds is 5. The van der Waals surface area contributed by atoms with E-state index in [1.807, 2.05) is 0 Å². The Balaban J connectivity index is 2.17. The molecule has 8 heteroatoms. The van der Waals surface area contributed by atoms with Gasteiger partial charge in [-0.25, -0.2) is 4.39 Å². The van der Waals surface area contributed by atoms with Crippen molar-refractivity contribution in [3.05, 3.63) is 61.6 Å². The molecule has 0 aliphatic carbocycles. The van der Waals surface area contributed by atoms with E-state index >= 15 is 0 Å². The third-order valence-electron chi connectivity index (χ3n) is 3.08. The number of hydrogen-bond acceptors (Lipinski definition) is 5. The van der Waals surface area contributed by atoms with Crippen LogP contribution < -0.4 is 5.32 Å². The predicted molar refractivity (Wildman–Crippen MR) is 79.4 cm³/mol. The SMILES string of the molecule is Cc1cc(F)cc(C(=O)NCC(O)c2ccsc2)c1[N+](=O)[O-]. The Labute approximate surface area is 129 Å². The molecule has 1 heterocycles. The van der Waals surface area contributed by atoms with E-state index in [-0.39, 0.29) is 17.7 Å². The Morgan fingerprint density at radius 3 is 2.86 bits per heavy atom. The van der Waals surface area contributed by atoms with Gasteiger partial charge in [-0.05, 0) is 41.4 Å². The predicted octanol–water partition coefficient (Wildman–Crippen LogP) is 2.57. The summed E-state index contributed by atoms with van der Waals surface area (Å²) >= 11 is 1.40. The molecule has 0 spiro atoms. The van der Waals surface area contributed by atoms with Crippen LogP contribution in [0, 0.1) is 22.9 Å². The quantitative estimate of drug-likeness (QED) is 0.653. The highest BCUT2D eigenvalue weighted by Gasteiger charge is 2.24. The Morgan fingerprint density at radius 1 is 1.55 bits per heavy atom. The highest BCUT2D eigenvalue weighted by atomic mass is 32.1. The lowest BCUT2D eigenvalue weighted by Gasteiger charge is -2.11. The van der Waals surface area contributed by atoms with Crippen LogP contribution in [0.25, 0.3) is 0 Å². The zero-order chi connectivity index (χ0) is 16.3. The van der Waals surface area contributed by atoms with Gasteiger partial charge >= 0.3 is 0 Å². The second-order valence-electron chi connectivity index (χ2n) is 4.66. The topological polar surface area (TPSA) is 92.5 Å². The lowest BCUT2D eigenvalue weighted by Crippen LogP contribution is -2.29. The fourth-order valence-electron chi connectivity index (χ4n) is 2.02. The average molecular weight is 324 g/mol. The van der Waals surface area contributed by atoms with Crippen LogP contribution in [-0.2, 0) is 0 Å². The van der Waals surface area contributed by atoms with E-state index in [0.29, 0.717) is 5.56 Å². The van der Waals surface area contributed by atoms with Crippen LogP contribution >= 0.6 is 11.3 Å². The third-order valence-corrected chi connectivity index (χ3v) is 3.78. The number of aliphatic hydroxyl groups excluding tert-OH is 1. The second kappa shape index (κ2) is 6.63. The van der Waals surface area contributed by atoms with Crippen molar-refractivity contribution in [2.45, 2.75) is 13.0 Å². The molecule has 0 saturated carbocycles. The van der Waals surface area contributed by atoms with E-state index < -0.39 is 28.4 Å². The van der Waals surface area contributed by atoms with E-state index in [4.69, 9.17) is 0 Å². The summed E-state index contributed by atoms with van der Waals surface area (Å²) in [6.45, 7) is 1.24. The number of hydrogen-bond donors (Lipinski definition) is 2. The van der Waals surface area contributed by atoms with Gasteiger partial charge in [0, 0.05) is 12.1 Å². The second-order valence-corrected chi connectivity index (χ2v) is 5.44. The van der Waals surface area contributed by atoms with E-state index in [2.05, 4.69) is 5.32 Å². The molecule has 0 aliphatic heterocycles. The van der Waals surface area contributed by atoms with Crippen molar-refractivity contribution in [1.29, 1.82) is 0 Å². The summed E-state index contributed by atoms with van der Waals surface area (Å²) in [6.07, 6.45) is -0.927. The smallest absolute Gasteiger partial charge is 0.285 e. The maximum absolute atomic E-state index is 13.4. The van der Waals surface area contributed by atoms with Crippen LogP contribution in [-0.4, -0.2) is 22.5 Å². The monoisotopic (exact) mass is 324 g/mol. The van der Waals surface area contributed by atoms with Gasteiger partial charge in [-0.2, -0.15) is 11.3 Å². The molecular formula is C14H13FN2O4S. The molecule has 0 saturated heterocycles. The zero-order valence-corrected chi connectivity index (χ0v) is 12.4. The minimum Gasteiger partial charge on any atom is -0.387 e. The number of thiophene rings is 1. The van der Waals surface area contributed by atoms with E-state index in [1.165, 1.54) is 18.3 Å². The minimum absolute atomic E-state index is 0.0635. The van der Waals surface area contributed by atoms with Gasteiger partial charge in [0.05, 0.1) is 11.0 Å². The van der Waals surface area contributed by atoms with Gasteiger partial charge in [0.25, 0.3) is 11.6 Å². The summed E-state index contributed by atoms with van der Waals surface area (Å²) in [6, 6.07) is 3.52. The number of amides is 1. The molecule has 1 aromatic heterocycles. The molecule has 1 amide bonds. The Hall–Kier alpha value is -2.32. The molecule has 2 rings (SSSR count). The van der Waals surface area contributed by atoms with Crippen LogP contribution in [0.4, 0.5) is 10.1 Å². The highest BCUT2D eigenvalue weighted by molar-refractivity contribution is 7.07. The van der Waals surface area contributed by atoms with Crippen LogP contribution in [0.2, 0.25) is 0 Å². The molecule has 0 aliphatic rings. The summed E-state index contributed by atoms with van der Waals surface area (Å²) in [4.78, 5) is 22.4. The number of aliphatic hydroxyl groups is 1. The van der Waals surface area contributed by atoms with Crippen molar-refractivity contribution in [2.24, 2.45) is 0 Å². The first-order chi connectivity index (χ1) is 10.4. The standard InChI is InChI=1S/C14H13FN2O4S/c1-8-4-10(15)5-11(13(8)17(20)21)14(19)16-6-12(18)9-2-3-22-7-9/h2-5,7,12,18H,6H2,1H3,(H,16,19). The number of nitro benzene ring substituents is 1. The molecule has 116 valence electrons. The van der Waals surface area contributed by atoms with Gasteiger partial charge in [0.2, 0.25) is 0 Å². The van der Waals surface area contributed by atoms with Crippen LogP contribution in [0.5, 0.6) is 0 Å². The molecule has 0 radical (unpaired) electrons. The minimum atomic E-state index is -0.927. The molecule has 6 nitrogen and oxygen atoms in total. The number of benzene rings is 1. The van der Waals surface area contributed by atoms with Crippen molar-refractivity contribution in [3.63, 3.8) is 0 Å². The van der Waals surface area contributed by atoms with Crippen molar-refractivity contribution in [2.75, 3.05) is 6.54 Å². The Bertz CT molecular complexity index is 703. The highest BCUT2D eigenvalue weighted by Crippen LogP contribution is 2.25. The molecule has 1 atom stereocenters. The number of aryl methyl sites for hydroxylation is 1. The van der Waals surface area contributed by atoms with Gasteiger partial charge < -0.3 is 10.4 Å². The number of halogens is 1. The largest absolute Gasteiger partial charge is 0.387 e. The molecule has 2 aromatic rings. The number of carbonyl (C=O) groups is 1. The molecule has 22 heavy (non-hydrogen) atoms. The van der Waals surface area contributed by atoms with Gasteiger partial charge in [0.1, 0.15) is 11.4 Å². The van der Waals surface area contributed by atoms with Gasteiger partial charge in [-0.3, -0.25) is 14.9 Å². The Kier molecular flexibility index (Phi) is 4.84. The number of carbonyl (C=O) groups excluding carboxylic acids is 1. The molecular weight excluding hydrogens is 311 g/mol. The zero-order valence-electron chi connectivity index (χ0n) is 11.6. The van der Waals surface area contributed by atoms with Gasteiger partial charge in [-0.15, -0.1) is 0 Å². The lowest BCUT2D eigenvalue weighted by atomic mass is 10.1. The molecule has 1 aromatic carbocycles. The number of nitro groups is 1. The van der Waals surface area contributed by atoms with Crippen molar-refractivity contribution >= 4 is 22.9 Å². The molecule has 2 N–H and O–H groups in total. The van der Waals surface area contributed by atoms with E-state index in [1.54, 1.807) is 16.8 Å². The summed E-state index contributed by atoms with van der Waals surface area (Å²) in [5, 5.41) is 26.8. The van der Waals surface area contributed by atoms with Crippen LogP contribution in [0.15, 0.2) is 29.0 Å². The summed E-state index contributed by atoms with van der Waals surface area (Å²) in [5.41, 5.74) is -0.104. The lowest BCUT2D eigenvalue weighted by molar-refractivity contribution is -0.385. The van der Waals surface area contributed by atoms with Gasteiger partial charge in [-0.1, -0.05) is 0 Å². The molecule has 0 fully saturated rings. The number of nitrogens with zero attached hydrogens (tertiary/aromatic N) is 1. The van der Waals surface area contributed by atoms with Crippen molar-refractivity contribution in [1.82, 2.24) is 5.32 Å². The normalized spacial score (nSPS) is 12.0. The summed E-state index contributed by atoms with van der Waals surface area (Å²) in [7, 11) is 0. The summed E-state index contributed by atoms with van der Waals surface area (Å²) in [5.74, 6) is -1.53. The fourth-order valence-corrected chi connectivity index (χ4v) is 2.73. The first kappa shape index (κ1) is 16.1. The average Bonchev–Trinajstić information content (AvgIpc) is 2.97. The first-order valence-corrected chi connectivity index (χ1v) is 7.27. The first-order valence-electron chi connectivity index (χ1n) is 6.33. The maximum atomic E-state index is 13.4.